The summed E-state index contributed by atoms with van der Waals surface area (Å²) in [6.07, 6.45) is 1.18. The molecule has 1 saturated carbocycles. The van der Waals surface area contributed by atoms with Crippen LogP contribution in [0.15, 0.2) is 36.4 Å². The lowest BCUT2D eigenvalue weighted by Crippen LogP contribution is -2.44. The number of carbonyl (C=O) groups is 1. The summed E-state index contributed by atoms with van der Waals surface area (Å²) in [5.41, 5.74) is 2.25. The maximum atomic E-state index is 14.3. The normalized spacial score (nSPS) is 18.0. The molecular weight excluding hydrogens is 381 g/mol. The number of rotatable bonds is 4. The summed E-state index contributed by atoms with van der Waals surface area (Å²) in [5.74, 6) is -2.22. The Morgan fingerprint density at radius 1 is 1.10 bits per heavy atom. The van der Waals surface area contributed by atoms with Crippen molar-refractivity contribution in [3.63, 3.8) is 0 Å². The molecule has 1 aromatic heterocycles. The summed E-state index contributed by atoms with van der Waals surface area (Å²) in [5, 5.41) is 12.0. The van der Waals surface area contributed by atoms with Crippen molar-refractivity contribution < 1.29 is 23.1 Å². The van der Waals surface area contributed by atoms with Crippen molar-refractivity contribution >= 4 is 16.8 Å². The average Bonchev–Trinajstić information content (AvgIpc) is 3.05. The molecule has 7 heteroatoms. The van der Waals surface area contributed by atoms with Crippen LogP contribution in [-0.4, -0.2) is 28.6 Å². The highest BCUT2D eigenvalue weighted by molar-refractivity contribution is 5.92. The first-order chi connectivity index (χ1) is 14.0. The second-order valence-corrected chi connectivity index (χ2v) is 6.82. The molecule has 0 bridgehead atoms. The molecule has 2 aromatic carbocycles. The highest BCUT2D eigenvalue weighted by Crippen LogP contribution is 2.45. The second kappa shape index (κ2) is 8.69. The second-order valence-electron chi connectivity index (χ2n) is 6.82. The fourth-order valence-corrected chi connectivity index (χ4v) is 3.75. The van der Waals surface area contributed by atoms with E-state index in [0.29, 0.717) is 29.5 Å². The van der Waals surface area contributed by atoms with E-state index in [-0.39, 0.29) is 23.3 Å². The first-order valence-corrected chi connectivity index (χ1v) is 9.63. The Balaban J connectivity index is 0.00000117. The number of aromatic nitrogens is 1. The minimum atomic E-state index is -0.691. The number of aliphatic hydroxyl groups is 1. The van der Waals surface area contributed by atoms with Gasteiger partial charge in [-0.2, -0.15) is 0 Å². The zero-order valence-corrected chi connectivity index (χ0v) is 16.2. The van der Waals surface area contributed by atoms with E-state index in [9.17, 15) is 18.0 Å². The first kappa shape index (κ1) is 20.9. The molecule has 4 nitrogen and oxygen atoms in total. The summed E-state index contributed by atoms with van der Waals surface area (Å²) >= 11 is 0. The smallest absolute Gasteiger partial charge is 0.245 e. The van der Waals surface area contributed by atoms with Crippen LogP contribution < -0.4 is 5.32 Å². The maximum Gasteiger partial charge on any atom is 0.245 e. The number of aliphatic hydroxyl groups excluding tert-OH is 1. The number of hydrogen-bond acceptors (Lipinski definition) is 2. The Labute approximate surface area is 166 Å². The van der Waals surface area contributed by atoms with Gasteiger partial charge in [0.1, 0.15) is 24.1 Å². The molecule has 0 radical (unpaired) electrons. The molecular formula is C22H23F3N2O2. The molecule has 0 unspecified atom stereocenters. The number of amides is 1. The molecule has 1 heterocycles. The van der Waals surface area contributed by atoms with Gasteiger partial charge in [-0.3, -0.25) is 4.79 Å². The average molecular weight is 404 g/mol. The van der Waals surface area contributed by atoms with Crippen molar-refractivity contribution in [3.8, 4) is 11.3 Å². The van der Waals surface area contributed by atoms with E-state index in [1.54, 1.807) is 12.1 Å². The quantitative estimate of drug-likeness (QED) is 0.594. The minimum Gasteiger partial charge on any atom is -0.387 e. The maximum absolute atomic E-state index is 14.3. The summed E-state index contributed by atoms with van der Waals surface area (Å²) in [6, 6.07) is 7.81. The summed E-state index contributed by atoms with van der Waals surface area (Å²) in [6.45, 7) is 3.42. The third kappa shape index (κ3) is 4.15. The molecule has 3 aromatic rings. The lowest BCUT2D eigenvalue weighted by Gasteiger charge is -2.36. The number of benzene rings is 2. The van der Waals surface area contributed by atoms with E-state index in [1.165, 1.54) is 18.2 Å². The third-order valence-electron chi connectivity index (χ3n) is 5.05. The van der Waals surface area contributed by atoms with Crippen molar-refractivity contribution in [2.75, 3.05) is 6.61 Å². The van der Waals surface area contributed by atoms with Gasteiger partial charge < -0.3 is 15.4 Å². The van der Waals surface area contributed by atoms with Crippen LogP contribution in [0.5, 0.6) is 0 Å². The van der Waals surface area contributed by atoms with Gasteiger partial charge >= 0.3 is 0 Å². The molecule has 154 valence electrons. The Kier molecular flexibility index (Phi) is 6.27. The van der Waals surface area contributed by atoms with Crippen LogP contribution in [0.4, 0.5) is 13.2 Å². The van der Waals surface area contributed by atoms with Crippen molar-refractivity contribution in [1.29, 1.82) is 0 Å². The van der Waals surface area contributed by atoms with Crippen molar-refractivity contribution in [2.45, 2.75) is 38.6 Å². The lowest BCUT2D eigenvalue weighted by molar-refractivity contribution is -0.125. The summed E-state index contributed by atoms with van der Waals surface area (Å²) < 4.78 is 41.4. The largest absolute Gasteiger partial charge is 0.387 e. The van der Waals surface area contributed by atoms with Crippen LogP contribution in [0.3, 0.4) is 0 Å². The van der Waals surface area contributed by atoms with Crippen LogP contribution in [0.1, 0.15) is 38.2 Å². The van der Waals surface area contributed by atoms with Crippen LogP contribution in [0, 0.1) is 17.5 Å². The standard InChI is InChI=1S/C20H17F3N2O2.C2H6/c21-12-3-1-10(2-4-12)19-18(11-5-14(6-11)24-17(27)9-26)15-7-13(22)8-16(23)20(15)25-19;1-2/h1-4,7-8,11,14,25-26H,5-6,9H2,(H,24,27);1-2H3. The van der Waals surface area contributed by atoms with E-state index in [1.807, 2.05) is 13.8 Å². The first-order valence-electron chi connectivity index (χ1n) is 9.63. The van der Waals surface area contributed by atoms with Gasteiger partial charge in [0, 0.05) is 17.5 Å². The number of H-pyrrole nitrogens is 1. The van der Waals surface area contributed by atoms with E-state index in [2.05, 4.69) is 10.3 Å². The molecule has 0 aliphatic heterocycles. The van der Waals surface area contributed by atoms with Gasteiger partial charge in [0.15, 0.2) is 0 Å². The summed E-state index contributed by atoms with van der Waals surface area (Å²) in [4.78, 5) is 14.3. The zero-order valence-electron chi connectivity index (χ0n) is 16.2. The molecule has 0 saturated heterocycles. The number of halogens is 3. The van der Waals surface area contributed by atoms with Crippen LogP contribution in [0.2, 0.25) is 0 Å². The predicted molar refractivity (Wildman–Crippen MR) is 106 cm³/mol. The van der Waals surface area contributed by atoms with Gasteiger partial charge in [-0.15, -0.1) is 0 Å². The third-order valence-corrected chi connectivity index (χ3v) is 5.05. The van der Waals surface area contributed by atoms with E-state index >= 15 is 0 Å². The van der Waals surface area contributed by atoms with E-state index in [0.717, 1.165) is 11.6 Å². The van der Waals surface area contributed by atoms with Crippen LogP contribution >= 0.6 is 0 Å². The molecule has 0 spiro atoms. The van der Waals surface area contributed by atoms with Crippen LogP contribution in [0.25, 0.3) is 22.2 Å². The number of carbonyl (C=O) groups excluding carboxylic acids is 1. The Bertz CT molecular complexity index is 1010. The van der Waals surface area contributed by atoms with Crippen molar-refractivity contribution in [3.05, 3.63) is 59.4 Å². The highest BCUT2D eigenvalue weighted by Gasteiger charge is 2.35. The fraction of sp³-hybridized carbons (Fsp3) is 0.318. The molecule has 1 aliphatic rings. The van der Waals surface area contributed by atoms with E-state index in [4.69, 9.17) is 5.11 Å². The SMILES string of the molecule is CC.O=C(CO)NC1CC(c2c(-c3ccc(F)cc3)[nH]c3c(F)cc(F)cc23)C1. The molecule has 0 atom stereocenters. The van der Waals surface area contributed by atoms with Gasteiger partial charge in [0.05, 0.1) is 11.2 Å². The molecule has 1 fully saturated rings. The topological polar surface area (TPSA) is 65.1 Å². The van der Waals surface area contributed by atoms with Crippen molar-refractivity contribution in [2.24, 2.45) is 0 Å². The Morgan fingerprint density at radius 2 is 1.76 bits per heavy atom. The van der Waals surface area contributed by atoms with Gasteiger partial charge in [-0.25, -0.2) is 13.2 Å². The minimum absolute atomic E-state index is 0.0241. The predicted octanol–water partition coefficient (Wildman–Crippen LogP) is 4.63. The van der Waals surface area contributed by atoms with Crippen molar-refractivity contribution in [1.82, 2.24) is 10.3 Å². The highest BCUT2D eigenvalue weighted by atomic mass is 19.1. The van der Waals surface area contributed by atoms with E-state index < -0.39 is 24.1 Å². The number of aromatic amines is 1. The number of hydrogen-bond donors (Lipinski definition) is 3. The lowest BCUT2D eigenvalue weighted by atomic mass is 9.74. The Hall–Kier alpha value is -2.80. The molecule has 1 aliphatic carbocycles. The number of nitrogens with one attached hydrogen (secondary N) is 2. The van der Waals surface area contributed by atoms with Gasteiger partial charge in [-0.05, 0) is 60.2 Å². The molecule has 1 amide bonds. The zero-order chi connectivity index (χ0) is 21.1. The van der Waals surface area contributed by atoms with Gasteiger partial charge in [-0.1, -0.05) is 13.8 Å². The fourth-order valence-electron chi connectivity index (χ4n) is 3.75. The number of fused-ring (bicyclic) bond motifs is 1. The summed E-state index contributed by atoms with van der Waals surface area (Å²) in [7, 11) is 0. The Morgan fingerprint density at radius 3 is 2.38 bits per heavy atom. The molecule has 29 heavy (non-hydrogen) atoms. The molecule has 4 rings (SSSR count). The van der Waals surface area contributed by atoms with Gasteiger partial charge in [0.2, 0.25) is 5.91 Å². The molecule has 3 N–H and O–H groups in total. The monoisotopic (exact) mass is 404 g/mol. The van der Waals surface area contributed by atoms with Crippen LogP contribution in [-0.2, 0) is 4.79 Å². The van der Waals surface area contributed by atoms with Gasteiger partial charge in [0.25, 0.3) is 0 Å².